The van der Waals surface area contributed by atoms with E-state index in [9.17, 15) is 9.90 Å². The summed E-state index contributed by atoms with van der Waals surface area (Å²) in [6, 6.07) is 0. The highest BCUT2D eigenvalue weighted by Crippen LogP contribution is 2.26. The Balaban J connectivity index is 2.48. The maximum absolute atomic E-state index is 11.9. The smallest absolute Gasteiger partial charge is 0.410 e. The zero-order chi connectivity index (χ0) is 13.9. The van der Waals surface area contributed by atoms with Gasteiger partial charge in [0.25, 0.3) is 0 Å². The molecular weight excluding hydrogens is 230 g/mol. The van der Waals surface area contributed by atoms with E-state index < -0.39 is 5.60 Å². The number of hydrogen-bond acceptors (Lipinski definition) is 3. The molecule has 1 rings (SSSR count). The number of hydrogen-bond donors (Lipinski definition) is 1. The molecule has 4 heteroatoms. The standard InChI is InChI=1S/C14H27NO3/c1-6-10(2)12(16)11-7-8-15(9-11)13(17)18-14(3,4)5/h10-12,16H,6-9H2,1-5H3. The van der Waals surface area contributed by atoms with Crippen molar-refractivity contribution in [3.05, 3.63) is 0 Å². The van der Waals surface area contributed by atoms with Crippen molar-refractivity contribution in [3.63, 3.8) is 0 Å². The molecule has 0 spiro atoms. The Morgan fingerprint density at radius 1 is 1.50 bits per heavy atom. The first kappa shape index (κ1) is 15.3. The second kappa shape index (κ2) is 5.91. The van der Waals surface area contributed by atoms with Crippen LogP contribution in [-0.4, -0.2) is 40.9 Å². The molecule has 1 saturated heterocycles. The lowest BCUT2D eigenvalue weighted by molar-refractivity contribution is 0.0238. The molecule has 0 bridgehead atoms. The average Bonchev–Trinajstić information content (AvgIpc) is 2.73. The van der Waals surface area contributed by atoms with Gasteiger partial charge in [-0.15, -0.1) is 0 Å². The van der Waals surface area contributed by atoms with Crippen LogP contribution in [0.1, 0.15) is 47.5 Å². The molecule has 1 aliphatic rings. The Morgan fingerprint density at radius 3 is 2.61 bits per heavy atom. The second-order valence-electron chi connectivity index (χ2n) is 6.35. The Labute approximate surface area is 110 Å². The summed E-state index contributed by atoms with van der Waals surface area (Å²) in [5.74, 6) is 0.473. The highest BCUT2D eigenvalue weighted by atomic mass is 16.6. The minimum Gasteiger partial charge on any atom is -0.444 e. The summed E-state index contributed by atoms with van der Waals surface area (Å²) < 4.78 is 5.34. The van der Waals surface area contributed by atoms with Gasteiger partial charge < -0.3 is 14.7 Å². The fourth-order valence-corrected chi connectivity index (χ4v) is 2.26. The van der Waals surface area contributed by atoms with Crippen LogP contribution in [0.15, 0.2) is 0 Å². The number of aliphatic hydroxyl groups excluding tert-OH is 1. The molecule has 106 valence electrons. The molecule has 0 aromatic carbocycles. The van der Waals surface area contributed by atoms with Gasteiger partial charge in [0.15, 0.2) is 0 Å². The highest BCUT2D eigenvalue weighted by Gasteiger charge is 2.34. The quantitative estimate of drug-likeness (QED) is 0.845. The first-order valence-electron chi connectivity index (χ1n) is 6.90. The number of aliphatic hydroxyl groups is 1. The van der Waals surface area contributed by atoms with Crippen LogP contribution >= 0.6 is 0 Å². The summed E-state index contributed by atoms with van der Waals surface area (Å²) in [7, 11) is 0. The SMILES string of the molecule is CCC(C)C(O)C1CCN(C(=O)OC(C)(C)C)C1. The summed E-state index contributed by atoms with van der Waals surface area (Å²) in [6.07, 6.45) is 1.25. The second-order valence-corrected chi connectivity index (χ2v) is 6.35. The van der Waals surface area contributed by atoms with Gasteiger partial charge in [-0.1, -0.05) is 20.3 Å². The molecule has 1 aliphatic heterocycles. The van der Waals surface area contributed by atoms with Crippen LogP contribution in [0, 0.1) is 11.8 Å². The van der Waals surface area contributed by atoms with E-state index in [0.717, 1.165) is 12.8 Å². The van der Waals surface area contributed by atoms with Crippen LogP contribution in [0.25, 0.3) is 0 Å². The third kappa shape index (κ3) is 4.16. The topological polar surface area (TPSA) is 49.8 Å². The van der Waals surface area contributed by atoms with Gasteiger partial charge in [-0.05, 0) is 33.1 Å². The lowest BCUT2D eigenvalue weighted by atomic mass is 9.90. The largest absolute Gasteiger partial charge is 0.444 e. The van der Waals surface area contributed by atoms with Crippen LogP contribution in [0.2, 0.25) is 0 Å². The molecule has 4 nitrogen and oxygen atoms in total. The number of likely N-dealkylation sites (tertiary alicyclic amines) is 1. The van der Waals surface area contributed by atoms with Crippen molar-refractivity contribution in [2.75, 3.05) is 13.1 Å². The van der Waals surface area contributed by atoms with E-state index in [4.69, 9.17) is 4.74 Å². The van der Waals surface area contributed by atoms with E-state index in [1.165, 1.54) is 0 Å². The fraction of sp³-hybridized carbons (Fsp3) is 0.929. The third-order valence-electron chi connectivity index (χ3n) is 3.59. The van der Waals surface area contributed by atoms with Gasteiger partial charge >= 0.3 is 6.09 Å². The van der Waals surface area contributed by atoms with Crippen molar-refractivity contribution in [1.82, 2.24) is 4.90 Å². The molecular formula is C14H27NO3. The van der Waals surface area contributed by atoms with Crippen molar-refractivity contribution in [3.8, 4) is 0 Å². The Morgan fingerprint density at radius 2 is 2.11 bits per heavy atom. The molecule has 0 aromatic heterocycles. The van der Waals surface area contributed by atoms with Gasteiger partial charge in [0, 0.05) is 19.0 Å². The minimum atomic E-state index is -0.454. The van der Waals surface area contributed by atoms with Crippen molar-refractivity contribution in [2.45, 2.75) is 59.2 Å². The zero-order valence-electron chi connectivity index (χ0n) is 12.3. The molecule has 1 heterocycles. The average molecular weight is 257 g/mol. The summed E-state index contributed by atoms with van der Waals surface area (Å²) in [6.45, 7) is 11.0. The molecule has 3 atom stereocenters. The van der Waals surface area contributed by atoms with Crippen LogP contribution in [0.5, 0.6) is 0 Å². The Kier molecular flexibility index (Phi) is 5.02. The normalized spacial score (nSPS) is 23.9. The van der Waals surface area contributed by atoms with E-state index >= 15 is 0 Å². The van der Waals surface area contributed by atoms with E-state index in [-0.39, 0.29) is 24.0 Å². The lowest BCUT2D eigenvalue weighted by Crippen LogP contribution is -2.37. The van der Waals surface area contributed by atoms with E-state index in [0.29, 0.717) is 13.1 Å². The first-order valence-corrected chi connectivity index (χ1v) is 6.90. The summed E-state index contributed by atoms with van der Waals surface area (Å²) >= 11 is 0. The number of carbonyl (C=O) groups excluding carboxylic acids is 1. The van der Waals surface area contributed by atoms with Gasteiger partial charge in [-0.3, -0.25) is 0 Å². The van der Waals surface area contributed by atoms with Crippen molar-refractivity contribution in [2.24, 2.45) is 11.8 Å². The van der Waals surface area contributed by atoms with Gasteiger partial charge in [-0.2, -0.15) is 0 Å². The molecule has 1 N–H and O–H groups in total. The van der Waals surface area contributed by atoms with Gasteiger partial charge in [0.2, 0.25) is 0 Å². The van der Waals surface area contributed by atoms with E-state index in [1.807, 2.05) is 20.8 Å². The van der Waals surface area contributed by atoms with Gasteiger partial charge in [0.1, 0.15) is 5.60 Å². The van der Waals surface area contributed by atoms with Crippen LogP contribution in [0.4, 0.5) is 4.79 Å². The third-order valence-corrected chi connectivity index (χ3v) is 3.59. The highest BCUT2D eigenvalue weighted by molar-refractivity contribution is 5.68. The minimum absolute atomic E-state index is 0.187. The summed E-state index contributed by atoms with van der Waals surface area (Å²) in [5, 5.41) is 10.2. The number of carbonyl (C=O) groups is 1. The van der Waals surface area contributed by atoms with Gasteiger partial charge in [-0.25, -0.2) is 4.79 Å². The van der Waals surface area contributed by atoms with Crippen LogP contribution in [-0.2, 0) is 4.74 Å². The molecule has 1 amide bonds. The van der Waals surface area contributed by atoms with Crippen molar-refractivity contribution >= 4 is 6.09 Å². The molecule has 0 aromatic rings. The molecule has 0 radical (unpaired) electrons. The predicted octanol–water partition coefficient (Wildman–Crippen LogP) is 2.65. The van der Waals surface area contributed by atoms with Crippen LogP contribution < -0.4 is 0 Å². The molecule has 18 heavy (non-hydrogen) atoms. The van der Waals surface area contributed by atoms with Crippen molar-refractivity contribution < 1.29 is 14.6 Å². The molecule has 0 saturated carbocycles. The van der Waals surface area contributed by atoms with Crippen molar-refractivity contribution in [1.29, 1.82) is 0 Å². The Hall–Kier alpha value is -0.770. The fourth-order valence-electron chi connectivity index (χ4n) is 2.26. The molecule has 1 fully saturated rings. The Bertz CT molecular complexity index is 285. The monoisotopic (exact) mass is 257 g/mol. The lowest BCUT2D eigenvalue weighted by Gasteiger charge is -2.26. The predicted molar refractivity (Wildman–Crippen MR) is 71.4 cm³/mol. The van der Waals surface area contributed by atoms with E-state index in [2.05, 4.69) is 13.8 Å². The molecule has 3 unspecified atom stereocenters. The summed E-state index contributed by atoms with van der Waals surface area (Å²) in [4.78, 5) is 13.6. The summed E-state index contributed by atoms with van der Waals surface area (Å²) in [5.41, 5.74) is -0.454. The zero-order valence-corrected chi connectivity index (χ0v) is 12.3. The van der Waals surface area contributed by atoms with Gasteiger partial charge in [0.05, 0.1) is 6.10 Å². The number of amides is 1. The molecule has 0 aliphatic carbocycles. The maximum Gasteiger partial charge on any atom is 0.410 e. The van der Waals surface area contributed by atoms with Crippen LogP contribution in [0.3, 0.4) is 0 Å². The maximum atomic E-state index is 11.9. The number of ether oxygens (including phenoxy) is 1. The number of nitrogens with zero attached hydrogens (tertiary/aromatic N) is 1. The van der Waals surface area contributed by atoms with E-state index in [1.54, 1.807) is 4.90 Å². The first-order chi connectivity index (χ1) is 8.24. The number of rotatable bonds is 3.